The molecule has 0 saturated heterocycles. The van der Waals surface area contributed by atoms with Crippen LogP contribution in [0.4, 0.5) is 0 Å². The second-order valence-electron chi connectivity index (χ2n) is 6.47. The maximum Gasteiger partial charge on any atom is 0.355 e. The summed E-state index contributed by atoms with van der Waals surface area (Å²) in [7, 11) is 0. The normalized spacial score (nSPS) is 20.6. The molecular formula is C20H25NO4S2. The average Bonchev–Trinajstić information content (AvgIpc) is 3.24. The van der Waals surface area contributed by atoms with Gasteiger partial charge in [-0.15, -0.1) is 17.3 Å². The first-order valence-corrected chi connectivity index (χ1v) is 11.0. The van der Waals surface area contributed by atoms with E-state index in [1.54, 1.807) is 0 Å². The van der Waals surface area contributed by atoms with Crippen molar-refractivity contribution in [2.75, 3.05) is 5.75 Å². The first kappa shape index (κ1) is 21.7. The number of aliphatic hydroxyl groups excluding tert-OH is 1. The van der Waals surface area contributed by atoms with Crippen molar-refractivity contribution in [3.8, 4) is 11.8 Å². The molecule has 1 aromatic heterocycles. The molecule has 0 radical (unpaired) electrons. The van der Waals surface area contributed by atoms with Gasteiger partial charge in [-0.2, -0.15) is 0 Å². The number of aliphatic hydroxyl groups is 1. The van der Waals surface area contributed by atoms with E-state index in [-0.39, 0.29) is 17.5 Å². The molecule has 1 aromatic rings. The van der Waals surface area contributed by atoms with E-state index in [0.717, 1.165) is 35.8 Å². The largest absolute Gasteiger partial charge is 0.476 e. The van der Waals surface area contributed by atoms with E-state index in [9.17, 15) is 14.7 Å². The van der Waals surface area contributed by atoms with Gasteiger partial charge in [-0.25, -0.2) is 9.78 Å². The first-order valence-electron chi connectivity index (χ1n) is 9.18. The summed E-state index contributed by atoms with van der Waals surface area (Å²) in [6, 6.07) is 0. The van der Waals surface area contributed by atoms with Crippen LogP contribution >= 0.6 is 23.1 Å². The number of aromatic carboxylic acids is 1. The summed E-state index contributed by atoms with van der Waals surface area (Å²) < 4.78 is 0.721. The zero-order chi connectivity index (χ0) is 19.6. The van der Waals surface area contributed by atoms with Crippen molar-refractivity contribution in [1.29, 1.82) is 0 Å². The number of thioether (sulfide) groups is 1. The molecule has 1 aliphatic rings. The predicted molar refractivity (Wildman–Crippen MR) is 108 cm³/mol. The van der Waals surface area contributed by atoms with Crippen molar-refractivity contribution in [3.63, 3.8) is 0 Å². The summed E-state index contributed by atoms with van der Waals surface area (Å²) in [6.45, 7) is 2.05. The third-order valence-electron chi connectivity index (χ3n) is 4.40. The number of unbranched alkanes of at least 4 members (excludes halogenated alkanes) is 1. The summed E-state index contributed by atoms with van der Waals surface area (Å²) >= 11 is 2.82. The molecule has 0 spiro atoms. The maximum atomic E-state index is 12.2. The summed E-state index contributed by atoms with van der Waals surface area (Å²) in [5.41, 5.74) is 0.0702. The molecule has 1 heterocycles. The number of thiazole rings is 1. The lowest BCUT2D eigenvalue weighted by Crippen LogP contribution is -2.14. The molecule has 2 N–H and O–H groups in total. The molecule has 3 unspecified atom stereocenters. The highest BCUT2D eigenvalue weighted by Crippen LogP contribution is 2.34. The lowest BCUT2D eigenvalue weighted by Gasteiger charge is -2.14. The van der Waals surface area contributed by atoms with Crippen molar-refractivity contribution in [2.24, 2.45) is 11.8 Å². The fourth-order valence-electron chi connectivity index (χ4n) is 2.99. The molecule has 3 atom stereocenters. The smallest absolute Gasteiger partial charge is 0.355 e. The van der Waals surface area contributed by atoms with Crippen molar-refractivity contribution in [1.82, 2.24) is 4.98 Å². The van der Waals surface area contributed by atoms with Gasteiger partial charge in [0.15, 0.2) is 10.0 Å². The quantitative estimate of drug-likeness (QED) is 0.365. The van der Waals surface area contributed by atoms with Gasteiger partial charge >= 0.3 is 5.97 Å². The number of allylic oxidation sites excluding steroid dienone is 1. The van der Waals surface area contributed by atoms with Gasteiger partial charge in [-0.3, -0.25) is 4.79 Å². The Balaban J connectivity index is 1.80. The third-order valence-corrected chi connectivity index (χ3v) is 6.45. The molecule has 7 heteroatoms. The van der Waals surface area contributed by atoms with Crippen LogP contribution in [0, 0.1) is 23.7 Å². The van der Waals surface area contributed by atoms with Crippen molar-refractivity contribution in [2.45, 2.75) is 55.9 Å². The summed E-state index contributed by atoms with van der Waals surface area (Å²) in [5.74, 6) is 5.99. The predicted octanol–water partition coefficient (Wildman–Crippen LogP) is 4.03. The minimum absolute atomic E-state index is 0.00373. The molecule has 1 saturated carbocycles. The molecule has 0 amide bonds. The van der Waals surface area contributed by atoms with E-state index in [1.165, 1.54) is 28.5 Å². The van der Waals surface area contributed by atoms with Gasteiger partial charge in [0.1, 0.15) is 11.9 Å². The molecule has 27 heavy (non-hydrogen) atoms. The number of rotatable bonds is 9. The molecule has 146 valence electrons. The van der Waals surface area contributed by atoms with Crippen LogP contribution < -0.4 is 0 Å². The SMILES string of the molecule is CCCC#CC(O)CC=CC1CCC(=O)C1CCSc1nc(C(=O)O)cs1. The molecule has 5 nitrogen and oxygen atoms in total. The van der Waals surface area contributed by atoms with E-state index in [0.29, 0.717) is 18.6 Å². The number of carbonyl (C=O) groups is 2. The van der Waals surface area contributed by atoms with Crippen LogP contribution in [0.5, 0.6) is 0 Å². The molecule has 0 aromatic carbocycles. The van der Waals surface area contributed by atoms with Crippen LogP contribution in [0.2, 0.25) is 0 Å². The average molecular weight is 408 g/mol. The molecular weight excluding hydrogens is 382 g/mol. The van der Waals surface area contributed by atoms with Gasteiger partial charge in [0.05, 0.1) is 0 Å². The van der Waals surface area contributed by atoms with E-state index >= 15 is 0 Å². The number of ketones is 1. The highest BCUT2D eigenvalue weighted by Gasteiger charge is 2.32. The van der Waals surface area contributed by atoms with Crippen LogP contribution in [-0.4, -0.2) is 38.8 Å². The number of carboxylic acid groups (broad SMARTS) is 1. The Labute approximate surface area is 168 Å². The van der Waals surface area contributed by atoms with Crippen LogP contribution in [-0.2, 0) is 4.79 Å². The number of nitrogens with zero attached hydrogens (tertiary/aromatic N) is 1. The summed E-state index contributed by atoms with van der Waals surface area (Å²) in [4.78, 5) is 27.1. The number of carbonyl (C=O) groups excluding carboxylic acids is 1. The highest BCUT2D eigenvalue weighted by atomic mass is 32.2. The first-order chi connectivity index (χ1) is 13.0. The standard InChI is InChI=1S/C20H25NO4S2/c1-2-3-4-7-15(22)8-5-6-14-9-10-18(23)16(14)11-12-26-20-21-17(13-27-20)19(24)25/h5-6,13-16,22H,2-3,8-12H2,1H3,(H,24,25). The van der Waals surface area contributed by atoms with Crippen molar-refractivity contribution < 1.29 is 19.8 Å². The second kappa shape index (κ2) is 11.3. The topological polar surface area (TPSA) is 87.5 Å². The van der Waals surface area contributed by atoms with Gasteiger partial charge in [-0.05, 0) is 25.2 Å². The number of Topliss-reactive ketones (excluding diaryl/α,β-unsaturated/α-hetero) is 1. The van der Waals surface area contributed by atoms with E-state index in [2.05, 4.69) is 29.8 Å². The fourth-order valence-corrected chi connectivity index (χ4v) is 4.88. The molecule has 1 aliphatic carbocycles. The van der Waals surface area contributed by atoms with Crippen LogP contribution in [0.1, 0.15) is 55.9 Å². The number of aromatic nitrogens is 1. The number of carboxylic acids is 1. The Morgan fingerprint density at radius 3 is 3.07 bits per heavy atom. The molecule has 2 rings (SSSR count). The van der Waals surface area contributed by atoms with Crippen LogP contribution in [0.3, 0.4) is 0 Å². The van der Waals surface area contributed by atoms with Crippen LogP contribution in [0.25, 0.3) is 0 Å². The van der Waals surface area contributed by atoms with Gasteiger partial charge in [0.25, 0.3) is 0 Å². The fraction of sp³-hybridized carbons (Fsp3) is 0.550. The zero-order valence-corrected chi connectivity index (χ0v) is 17.0. The summed E-state index contributed by atoms with van der Waals surface area (Å²) in [5, 5.41) is 20.3. The summed E-state index contributed by atoms with van der Waals surface area (Å²) in [6.07, 6.45) is 7.81. The second-order valence-corrected chi connectivity index (χ2v) is 8.67. The van der Waals surface area contributed by atoms with Gasteiger partial charge in [-0.1, -0.05) is 36.8 Å². The number of hydrogen-bond donors (Lipinski definition) is 2. The Kier molecular flexibility index (Phi) is 9.05. The van der Waals surface area contributed by atoms with E-state index in [4.69, 9.17) is 5.11 Å². The molecule has 0 bridgehead atoms. The third kappa shape index (κ3) is 7.13. The van der Waals surface area contributed by atoms with Crippen molar-refractivity contribution in [3.05, 3.63) is 23.2 Å². The number of hydrogen-bond acceptors (Lipinski definition) is 6. The Bertz CT molecular complexity index is 732. The monoisotopic (exact) mass is 407 g/mol. The lowest BCUT2D eigenvalue weighted by molar-refractivity contribution is -0.121. The van der Waals surface area contributed by atoms with Crippen molar-refractivity contribution >= 4 is 34.9 Å². The Hall–Kier alpha value is -1.62. The van der Waals surface area contributed by atoms with E-state index in [1.807, 2.05) is 6.08 Å². The maximum absolute atomic E-state index is 12.2. The zero-order valence-electron chi connectivity index (χ0n) is 15.4. The Morgan fingerprint density at radius 2 is 2.37 bits per heavy atom. The Morgan fingerprint density at radius 1 is 1.56 bits per heavy atom. The molecule has 0 aliphatic heterocycles. The minimum Gasteiger partial charge on any atom is -0.476 e. The minimum atomic E-state index is -1.02. The van der Waals surface area contributed by atoms with Gasteiger partial charge < -0.3 is 10.2 Å². The van der Waals surface area contributed by atoms with Gasteiger partial charge in [0.2, 0.25) is 0 Å². The van der Waals surface area contributed by atoms with E-state index < -0.39 is 12.1 Å². The van der Waals surface area contributed by atoms with Gasteiger partial charge in [0, 0.05) is 36.3 Å². The molecule has 1 fully saturated rings. The highest BCUT2D eigenvalue weighted by molar-refractivity contribution is 8.01. The lowest BCUT2D eigenvalue weighted by atomic mass is 9.92. The van der Waals surface area contributed by atoms with Crippen LogP contribution in [0.15, 0.2) is 21.9 Å².